The SMILES string of the molecule is C/C=C\CC(C)C1CN1. The average Bonchev–Trinajstić information content (AvgIpc) is 2.63. The summed E-state index contributed by atoms with van der Waals surface area (Å²) in [4.78, 5) is 0. The Hall–Kier alpha value is -0.300. The first-order valence-electron chi connectivity index (χ1n) is 3.69. The molecule has 0 aliphatic carbocycles. The zero-order valence-corrected chi connectivity index (χ0v) is 6.22. The van der Waals surface area contributed by atoms with Gasteiger partial charge in [-0.2, -0.15) is 0 Å². The van der Waals surface area contributed by atoms with Gasteiger partial charge in [0, 0.05) is 12.6 Å². The highest BCUT2D eigenvalue weighted by atomic mass is 15.1. The van der Waals surface area contributed by atoms with Crippen LogP contribution < -0.4 is 5.32 Å². The van der Waals surface area contributed by atoms with Crippen molar-refractivity contribution in [1.29, 1.82) is 0 Å². The van der Waals surface area contributed by atoms with Crippen molar-refractivity contribution in [2.24, 2.45) is 5.92 Å². The Kier molecular flexibility index (Phi) is 2.29. The molecule has 0 radical (unpaired) electrons. The fourth-order valence-electron chi connectivity index (χ4n) is 0.985. The van der Waals surface area contributed by atoms with Crippen LogP contribution in [0.5, 0.6) is 0 Å². The van der Waals surface area contributed by atoms with Gasteiger partial charge < -0.3 is 5.32 Å². The Balaban J connectivity index is 2.10. The Bertz CT molecular complexity index is 103. The van der Waals surface area contributed by atoms with E-state index in [1.807, 2.05) is 0 Å². The third-order valence-electron chi connectivity index (χ3n) is 1.87. The Morgan fingerprint density at radius 2 is 2.44 bits per heavy atom. The molecule has 0 aromatic heterocycles. The summed E-state index contributed by atoms with van der Waals surface area (Å²) < 4.78 is 0. The van der Waals surface area contributed by atoms with Gasteiger partial charge in [-0.15, -0.1) is 0 Å². The molecule has 1 saturated heterocycles. The maximum Gasteiger partial charge on any atom is 0.0221 e. The molecule has 1 heteroatoms. The maximum atomic E-state index is 3.31. The van der Waals surface area contributed by atoms with Crippen LogP contribution in [0.25, 0.3) is 0 Å². The second-order valence-corrected chi connectivity index (χ2v) is 2.80. The van der Waals surface area contributed by atoms with E-state index in [-0.39, 0.29) is 0 Å². The predicted octanol–water partition coefficient (Wildman–Crippen LogP) is 1.56. The summed E-state index contributed by atoms with van der Waals surface area (Å²) in [6.07, 6.45) is 5.59. The molecule has 52 valence electrons. The fourth-order valence-corrected chi connectivity index (χ4v) is 0.985. The van der Waals surface area contributed by atoms with Crippen LogP contribution in [0.4, 0.5) is 0 Å². The van der Waals surface area contributed by atoms with Gasteiger partial charge in [-0.25, -0.2) is 0 Å². The van der Waals surface area contributed by atoms with Crippen molar-refractivity contribution < 1.29 is 0 Å². The van der Waals surface area contributed by atoms with E-state index >= 15 is 0 Å². The van der Waals surface area contributed by atoms with E-state index in [4.69, 9.17) is 0 Å². The largest absolute Gasteiger partial charge is 0.311 e. The topological polar surface area (TPSA) is 21.9 Å². The van der Waals surface area contributed by atoms with Crippen molar-refractivity contribution in [3.63, 3.8) is 0 Å². The number of rotatable bonds is 3. The quantitative estimate of drug-likeness (QED) is 0.448. The lowest BCUT2D eigenvalue weighted by Gasteiger charge is -2.02. The molecule has 1 fully saturated rings. The molecule has 0 spiro atoms. The van der Waals surface area contributed by atoms with Gasteiger partial charge in [-0.1, -0.05) is 19.1 Å². The van der Waals surface area contributed by atoms with Crippen molar-refractivity contribution >= 4 is 0 Å². The van der Waals surface area contributed by atoms with Gasteiger partial charge in [0.2, 0.25) is 0 Å². The van der Waals surface area contributed by atoms with Crippen molar-refractivity contribution in [3.8, 4) is 0 Å². The normalized spacial score (nSPS) is 28.9. The molecule has 0 bridgehead atoms. The van der Waals surface area contributed by atoms with E-state index < -0.39 is 0 Å². The second-order valence-electron chi connectivity index (χ2n) is 2.80. The molecule has 2 unspecified atom stereocenters. The molecule has 1 N–H and O–H groups in total. The van der Waals surface area contributed by atoms with Gasteiger partial charge >= 0.3 is 0 Å². The minimum absolute atomic E-state index is 0.821. The molecule has 1 nitrogen and oxygen atoms in total. The molecule has 0 aromatic carbocycles. The van der Waals surface area contributed by atoms with Gasteiger partial charge in [-0.3, -0.25) is 0 Å². The summed E-state index contributed by atoms with van der Waals surface area (Å²) >= 11 is 0. The molecule has 1 rings (SSSR count). The average molecular weight is 125 g/mol. The first kappa shape index (κ1) is 6.81. The highest BCUT2D eigenvalue weighted by molar-refractivity contribution is 4.92. The van der Waals surface area contributed by atoms with Gasteiger partial charge in [0.25, 0.3) is 0 Å². The lowest BCUT2D eigenvalue weighted by atomic mass is 10.0. The monoisotopic (exact) mass is 125 g/mol. The fraction of sp³-hybridized carbons (Fsp3) is 0.750. The van der Waals surface area contributed by atoms with Crippen LogP contribution in [0.3, 0.4) is 0 Å². The second kappa shape index (κ2) is 3.02. The lowest BCUT2D eigenvalue weighted by Crippen LogP contribution is -2.04. The summed E-state index contributed by atoms with van der Waals surface area (Å²) in [6, 6.07) is 0.821. The third-order valence-corrected chi connectivity index (χ3v) is 1.87. The van der Waals surface area contributed by atoms with E-state index in [0.29, 0.717) is 0 Å². The standard InChI is InChI=1S/C8H15N/c1-3-4-5-7(2)8-6-9-8/h3-4,7-9H,5-6H2,1-2H3/b4-3-. The first-order valence-corrected chi connectivity index (χ1v) is 3.69. The van der Waals surface area contributed by atoms with Crippen molar-refractivity contribution in [1.82, 2.24) is 5.32 Å². The van der Waals surface area contributed by atoms with Crippen molar-refractivity contribution in [3.05, 3.63) is 12.2 Å². The third kappa shape index (κ3) is 2.19. The van der Waals surface area contributed by atoms with Crippen LogP contribution in [0.15, 0.2) is 12.2 Å². The van der Waals surface area contributed by atoms with Crippen LogP contribution in [-0.4, -0.2) is 12.6 Å². The van der Waals surface area contributed by atoms with E-state index in [1.54, 1.807) is 0 Å². The number of allylic oxidation sites excluding steroid dienone is 2. The van der Waals surface area contributed by atoms with Crippen LogP contribution in [0, 0.1) is 5.92 Å². The highest BCUT2D eigenvalue weighted by Gasteiger charge is 2.25. The highest BCUT2D eigenvalue weighted by Crippen LogP contribution is 2.15. The van der Waals surface area contributed by atoms with Crippen LogP contribution in [-0.2, 0) is 0 Å². The molecule has 2 atom stereocenters. The van der Waals surface area contributed by atoms with Crippen LogP contribution in [0.2, 0.25) is 0 Å². The van der Waals surface area contributed by atoms with Crippen LogP contribution in [0.1, 0.15) is 20.3 Å². The van der Waals surface area contributed by atoms with Gasteiger partial charge in [0.1, 0.15) is 0 Å². The van der Waals surface area contributed by atoms with Crippen molar-refractivity contribution in [2.45, 2.75) is 26.3 Å². The molecular weight excluding hydrogens is 110 g/mol. The summed E-state index contributed by atoms with van der Waals surface area (Å²) in [6.45, 7) is 5.61. The first-order chi connectivity index (χ1) is 4.34. The van der Waals surface area contributed by atoms with E-state index in [2.05, 4.69) is 31.3 Å². The molecular formula is C8H15N. The van der Waals surface area contributed by atoms with E-state index in [0.717, 1.165) is 12.0 Å². The Labute approximate surface area is 57.1 Å². The van der Waals surface area contributed by atoms with Crippen molar-refractivity contribution in [2.75, 3.05) is 6.54 Å². The minimum atomic E-state index is 0.821. The maximum absolute atomic E-state index is 3.31. The van der Waals surface area contributed by atoms with Crippen LogP contribution >= 0.6 is 0 Å². The Morgan fingerprint density at radius 3 is 2.89 bits per heavy atom. The van der Waals surface area contributed by atoms with Gasteiger partial charge in [0.05, 0.1) is 0 Å². The summed E-state index contributed by atoms with van der Waals surface area (Å²) in [5.74, 6) is 0.834. The minimum Gasteiger partial charge on any atom is -0.311 e. The summed E-state index contributed by atoms with van der Waals surface area (Å²) in [5, 5.41) is 3.31. The summed E-state index contributed by atoms with van der Waals surface area (Å²) in [7, 11) is 0. The molecule has 1 heterocycles. The zero-order chi connectivity index (χ0) is 6.69. The number of hydrogen-bond acceptors (Lipinski definition) is 1. The molecule has 9 heavy (non-hydrogen) atoms. The molecule has 1 aliphatic rings. The molecule has 0 amide bonds. The molecule has 1 aliphatic heterocycles. The summed E-state index contributed by atoms with van der Waals surface area (Å²) in [5.41, 5.74) is 0. The van der Waals surface area contributed by atoms with Gasteiger partial charge in [0.15, 0.2) is 0 Å². The smallest absolute Gasteiger partial charge is 0.0221 e. The molecule has 0 saturated carbocycles. The Morgan fingerprint density at radius 1 is 1.78 bits per heavy atom. The molecule has 0 aromatic rings. The predicted molar refractivity (Wildman–Crippen MR) is 40.4 cm³/mol. The van der Waals surface area contributed by atoms with Gasteiger partial charge in [-0.05, 0) is 19.3 Å². The zero-order valence-electron chi connectivity index (χ0n) is 6.22. The number of hydrogen-bond donors (Lipinski definition) is 1. The lowest BCUT2D eigenvalue weighted by molar-refractivity contribution is 0.578. The number of nitrogens with one attached hydrogen (secondary N) is 1. The van der Waals surface area contributed by atoms with E-state index in [9.17, 15) is 0 Å². The van der Waals surface area contributed by atoms with E-state index in [1.165, 1.54) is 13.0 Å².